The van der Waals surface area contributed by atoms with Crippen LogP contribution in [0.4, 0.5) is 0 Å². The van der Waals surface area contributed by atoms with Gasteiger partial charge in [0, 0.05) is 25.0 Å². The number of nitrogens with two attached hydrogens (primary N) is 1. The van der Waals surface area contributed by atoms with Gasteiger partial charge in [-0.1, -0.05) is 35.9 Å². The maximum atomic E-state index is 11.3. The summed E-state index contributed by atoms with van der Waals surface area (Å²) in [6.45, 7) is 3.50. The number of carboxylic acids is 1. The molecule has 4 nitrogen and oxygen atoms in total. The number of carbonyl (C=O) groups is 1. The van der Waals surface area contributed by atoms with Crippen molar-refractivity contribution in [2.24, 2.45) is 5.73 Å². The van der Waals surface area contributed by atoms with Crippen molar-refractivity contribution < 1.29 is 9.90 Å². The van der Waals surface area contributed by atoms with Crippen molar-refractivity contribution in [2.75, 3.05) is 20.1 Å². The number of carboxylic acid groups (broad SMARTS) is 1. The van der Waals surface area contributed by atoms with Gasteiger partial charge in [0.05, 0.1) is 5.56 Å². The van der Waals surface area contributed by atoms with Crippen molar-refractivity contribution in [1.82, 2.24) is 4.90 Å². The highest BCUT2D eigenvalue weighted by atomic mass is 16.4. The summed E-state index contributed by atoms with van der Waals surface area (Å²) in [5.74, 6) is -0.725. The smallest absolute Gasteiger partial charge is 0.335 e. The predicted molar refractivity (Wildman–Crippen MR) is 90.8 cm³/mol. The normalized spacial score (nSPS) is 21.0. The number of hydrogen-bond acceptors (Lipinski definition) is 3. The molecule has 0 radical (unpaired) electrons. The Kier molecular flexibility index (Phi) is 4.20. The number of fused-ring (bicyclic) bond motifs is 1. The quantitative estimate of drug-likeness (QED) is 0.915. The zero-order chi connectivity index (χ0) is 16.6. The largest absolute Gasteiger partial charge is 0.478 e. The van der Waals surface area contributed by atoms with E-state index in [0.717, 1.165) is 12.1 Å². The maximum Gasteiger partial charge on any atom is 0.335 e. The van der Waals surface area contributed by atoms with E-state index < -0.39 is 5.97 Å². The molecule has 4 heteroatoms. The van der Waals surface area contributed by atoms with Gasteiger partial charge in [0.15, 0.2) is 0 Å². The van der Waals surface area contributed by atoms with E-state index in [1.165, 1.54) is 16.7 Å². The number of aromatic carboxylic acids is 1. The second-order valence-corrected chi connectivity index (χ2v) is 6.31. The minimum absolute atomic E-state index is 0.164. The summed E-state index contributed by atoms with van der Waals surface area (Å²) in [6, 6.07) is 14.0. The molecule has 2 unspecified atom stereocenters. The van der Waals surface area contributed by atoms with Crippen molar-refractivity contribution in [3.8, 4) is 0 Å². The predicted octanol–water partition coefficient (Wildman–Crippen LogP) is 2.77. The third-order valence-electron chi connectivity index (χ3n) is 4.74. The summed E-state index contributed by atoms with van der Waals surface area (Å²) in [6.07, 6.45) is 0. The molecule has 0 fully saturated rings. The molecule has 1 aliphatic rings. The summed E-state index contributed by atoms with van der Waals surface area (Å²) in [5, 5.41) is 9.25. The first kappa shape index (κ1) is 15.7. The van der Waals surface area contributed by atoms with Gasteiger partial charge in [0.25, 0.3) is 0 Å². The Morgan fingerprint density at radius 3 is 2.74 bits per heavy atom. The zero-order valence-electron chi connectivity index (χ0n) is 13.5. The minimum atomic E-state index is -0.889. The van der Waals surface area contributed by atoms with Crippen LogP contribution in [-0.4, -0.2) is 36.1 Å². The summed E-state index contributed by atoms with van der Waals surface area (Å²) in [4.78, 5) is 13.5. The molecule has 0 spiro atoms. The van der Waals surface area contributed by atoms with E-state index in [9.17, 15) is 9.90 Å². The Labute approximate surface area is 136 Å². The van der Waals surface area contributed by atoms with Crippen LogP contribution in [0.5, 0.6) is 0 Å². The van der Waals surface area contributed by atoms with E-state index >= 15 is 0 Å². The third kappa shape index (κ3) is 2.87. The highest BCUT2D eigenvalue weighted by molar-refractivity contribution is 5.87. The molecule has 2 aromatic rings. The second-order valence-electron chi connectivity index (χ2n) is 6.31. The SMILES string of the molecule is Cc1ccc2c(c1)C(c1cccc(C(=O)O)c1)CN(C)C2CN. The van der Waals surface area contributed by atoms with E-state index in [1.807, 2.05) is 12.1 Å². The topological polar surface area (TPSA) is 66.6 Å². The monoisotopic (exact) mass is 310 g/mol. The van der Waals surface area contributed by atoms with Gasteiger partial charge in [0.2, 0.25) is 0 Å². The molecule has 0 amide bonds. The van der Waals surface area contributed by atoms with Gasteiger partial charge in [-0.15, -0.1) is 0 Å². The van der Waals surface area contributed by atoms with Crippen molar-refractivity contribution in [2.45, 2.75) is 18.9 Å². The van der Waals surface area contributed by atoms with E-state index in [2.05, 4.69) is 37.1 Å². The van der Waals surface area contributed by atoms with Crippen LogP contribution >= 0.6 is 0 Å². The van der Waals surface area contributed by atoms with Gasteiger partial charge in [0.1, 0.15) is 0 Å². The van der Waals surface area contributed by atoms with Crippen LogP contribution in [0.25, 0.3) is 0 Å². The van der Waals surface area contributed by atoms with Gasteiger partial charge in [-0.05, 0) is 42.8 Å². The van der Waals surface area contributed by atoms with Crippen molar-refractivity contribution in [3.05, 3.63) is 70.3 Å². The van der Waals surface area contributed by atoms with Crippen LogP contribution in [0.2, 0.25) is 0 Å². The number of rotatable bonds is 3. The summed E-state index contributed by atoms with van der Waals surface area (Å²) in [7, 11) is 2.08. The van der Waals surface area contributed by atoms with E-state index in [4.69, 9.17) is 5.73 Å². The molecule has 0 aliphatic carbocycles. The van der Waals surface area contributed by atoms with Gasteiger partial charge in [-0.3, -0.25) is 4.90 Å². The Bertz CT molecular complexity index is 742. The Hall–Kier alpha value is -2.17. The fourth-order valence-corrected chi connectivity index (χ4v) is 3.53. The molecular weight excluding hydrogens is 288 g/mol. The molecule has 0 saturated carbocycles. The van der Waals surface area contributed by atoms with Crippen molar-refractivity contribution in [1.29, 1.82) is 0 Å². The number of benzene rings is 2. The number of likely N-dealkylation sites (N-methyl/N-ethyl adjacent to an activating group) is 1. The lowest BCUT2D eigenvalue weighted by Gasteiger charge is -2.39. The number of hydrogen-bond donors (Lipinski definition) is 2. The fourth-order valence-electron chi connectivity index (χ4n) is 3.53. The van der Waals surface area contributed by atoms with E-state index in [1.54, 1.807) is 12.1 Å². The van der Waals surface area contributed by atoms with Crippen LogP contribution in [-0.2, 0) is 0 Å². The Balaban J connectivity index is 2.11. The molecule has 0 aromatic heterocycles. The molecule has 3 N–H and O–H groups in total. The zero-order valence-corrected chi connectivity index (χ0v) is 13.5. The fraction of sp³-hybridized carbons (Fsp3) is 0.316. The average Bonchev–Trinajstić information content (AvgIpc) is 2.54. The Morgan fingerprint density at radius 2 is 2.04 bits per heavy atom. The lowest BCUT2D eigenvalue weighted by Crippen LogP contribution is -2.39. The molecular formula is C19H22N2O2. The van der Waals surface area contributed by atoms with E-state index in [0.29, 0.717) is 12.1 Å². The molecule has 1 aliphatic heterocycles. The summed E-state index contributed by atoms with van der Waals surface area (Å²) >= 11 is 0. The molecule has 2 atom stereocenters. The standard InChI is InChI=1S/C19H22N2O2/c1-12-6-7-15-16(8-12)17(11-21(2)18(15)10-20)13-4-3-5-14(9-13)19(22)23/h3-9,17-18H,10-11,20H2,1-2H3,(H,22,23). The summed E-state index contributed by atoms with van der Waals surface area (Å²) < 4.78 is 0. The minimum Gasteiger partial charge on any atom is -0.478 e. The summed E-state index contributed by atoms with van der Waals surface area (Å²) in [5.41, 5.74) is 11.1. The highest BCUT2D eigenvalue weighted by Gasteiger charge is 2.31. The molecule has 1 heterocycles. The first-order chi connectivity index (χ1) is 11.0. The van der Waals surface area contributed by atoms with Gasteiger partial charge in [-0.2, -0.15) is 0 Å². The van der Waals surface area contributed by atoms with Crippen LogP contribution in [0.15, 0.2) is 42.5 Å². The van der Waals surface area contributed by atoms with E-state index in [-0.39, 0.29) is 12.0 Å². The lowest BCUT2D eigenvalue weighted by atomic mass is 9.80. The van der Waals surface area contributed by atoms with Crippen LogP contribution in [0, 0.1) is 6.92 Å². The molecule has 0 bridgehead atoms. The first-order valence-electron chi connectivity index (χ1n) is 7.85. The van der Waals surface area contributed by atoms with Crippen LogP contribution in [0.1, 0.15) is 44.6 Å². The molecule has 2 aromatic carbocycles. The highest BCUT2D eigenvalue weighted by Crippen LogP contribution is 2.38. The van der Waals surface area contributed by atoms with Crippen LogP contribution in [0.3, 0.4) is 0 Å². The molecule has 23 heavy (non-hydrogen) atoms. The second kappa shape index (κ2) is 6.14. The first-order valence-corrected chi connectivity index (χ1v) is 7.85. The van der Waals surface area contributed by atoms with Crippen molar-refractivity contribution >= 4 is 5.97 Å². The lowest BCUT2D eigenvalue weighted by molar-refractivity contribution is 0.0696. The molecule has 3 rings (SSSR count). The maximum absolute atomic E-state index is 11.3. The number of nitrogens with zero attached hydrogens (tertiary/aromatic N) is 1. The third-order valence-corrected chi connectivity index (χ3v) is 4.74. The van der Waals surface area contributed by atoms with Crippen LogP contribution < -0.4 is 5.73 Å². The molecule has 0 saturated heterocycles. The van der Waals surface area contributed by atoms with Gasteiger partial charge < -0.3 is 10.8 Å². The molecule has 120 valence electrons. The van der Waals surface area contributed by atoms with Crippen molar-refractivity contribution in [3.63, 3.8) is 0 Å². The van der Waals surface area contributed by atoms with Gasteiger partial charge >= 0.3 is 5.97 Å². The number of aryl methyl sites for hydroxylation is 1. The Morgan fingerprint density at radius 1 is 1.26 bits per heavy atom. The van der Waals surface area contributed by atoms with Gasteiger partial charge in [-0.25, -0.2) is 4.79 Å². The average molecular weight is 310 g/mol.